The monoisotopic (exact) mass is 584 g/mol. The lowest BCUT2D eigenvalue weighted by atomic mass is 10.0. The predicted molar refractivity (Wildman–Crippen MR) is 150 cm³/mol. The van der Waals surface area contributed by atoms with Gasteiger partial charge >= 0.3 is 6.01 Å². The molecule has 1 amide bonds. The number of hydrogen-bond donors (Lipinski definition) is 0. The van der Waals surface area contributed by atoms with E-state index in [0.717, 1.165) is 5.56 Å². The van der Waals surface area contributed by atoms with Crippen LogP contribution in [0.15, 0.2) is 47.5 Å². The molecule has 40 heavy (non-hydrogen) atoms. The van der Waals surface area contributed by atoms with Gasteiger partial charge in [-0.2, -0.15) is 4.98 Å². The number of carbonyl (C=O) groups is 1. The molecule has 0 radical (unpaired) electrons. The van der Waals surface area contributed by atoms with Crippen LogP contribution in [0.4, 0.5) is 5.69 Å². The smallest absolute Gasteiger partial charge is 0.319 e. The van der Waals surface area contributed by atoms with Crippen molar-refractivity contribution in [2.24, 2.45) is 7.05 Å². The summed E-state index contributed by atoms with van der Waals surface area (Å²) < 4.78 is 19.5. The van der Waals surface area contributed by atoms with Crippen LogP contribution in [0.3, 0.4) is 0 Å². The number of nitrogens with zero attached hydrogens (tertiary/aromatic N) is 6. The summed E-state index contributed by atoms with van der Waals surface area (Å²) in [6.07, 6.45) is 3.12. The first-order valence-corrected chi connectivity index (χ1v) is 13.0. The van der Waals surface area contributed by atoms with Gasteiger partial charge in [0.1, 0.15) is 16.9 Å². The number of anilines is 1. The quantitative estimate of drug-likeness (QED) is 0.301. The van der Waals surface area contributed by atoms with Gasteiger partial charge in [0, 0.05) is 31.6 Å². The highest BCUT2D eigenvalue weighted by molar-refractivity contribution is 6.31. The highest BCUT2D eigenvalue weighted by Gasteiger charge is 2.45. The number of methoxy groups -OCH3 is 3. The molecule has 2 atom stereocenters. The highest BCUT2D eigenvalue weighted by Crippen LogP contribution is 2.45. The first-order chi connectivity index (χ1) is 19.2. The number of halogens is 2. The molecule has 1 aromatic carbocycles. The largest absolute Gasteiger partial charge is 0.480 e. The van der Waals surface area contributed by atoms with Crippen molar-refractivity contribution >= 4 is 34.8 Å². The number of benzene rings is 1. The SMILES string of the molecule is COCC(C)n1c(-c2cnc(OC)nc2OC)nc2c1[C@H](c1ccc(Cl)cc1)N(c1cc(Cl)c(=O)n(C)c1)C2=O. The van der Waals surface area contributed by atoms with Crippen LogP contribution in [-0.2, 0) is 11.8 Å². The zero-order valence-corrected chi connectivity index (χ0v) is 23.9. The topological polar surface area (TPSA) is 114 Å². The molecule has 0 bridgehead atoms. The molecule has 4 aromatic rings. The van der Waals surface area contributed by atoms with Crippen molar-refractivity contribution in [3.05, 3.63) is 80.1 Å². The van der Waals surface area contributed by atoms with Crippen molar-refractivity contribution in [3.8, 4) is 23.3 Å². The van der Waals surface area contributed by atoms with E-state index in [-0.39, 0.29) is 40.1 Å². The number of fused-ring (bicyclic) bond motifs is 1. The Morgan fingerprint density at radius 2 is 1.77 bits per heavy atom. The van der Waals surface area contributed by atoms with Crippen molar-refractivity contribution < 1.29 is 19.0 Å². The van der Waals surface area contributed by atoms with Gasteiger partial charge in [0.2, 0.25) is 5.88 Å². The minimum absolute atomic E-state index is 0.0105. The van der Waals surface area contributed by atoms with Crippen LogP contribution in [0.25, 0.3) is 11.4 Å². The molecule has 3 aromatic heterocycles. The maximum atomic E-state index is 14.2. The minimum atomic E-state index is -0.640. The Kier molecular flexibility index (Phi) is 7.54. The minimum Gasteiger partial charge on any atom is -0.480 e. The second kappa shape index (κ2) is 10.9. The molecule has 13 heteroatoms. The first kappa shape index (κ1) is 27.6. The maximum Gasteiger partial charge on any atom is 0.319 e. The van der Waals surface area contributed by atoms with Crippen molar-refractivity contribution in [3.63, 3.8) is 0 Å². The number of carbonyl (C=O) groups excluding carboxylic acids is 1. The van der Waals surface area contributed by atoms with Gasteiger partial charge in [-0.3, -0.25) is 14.5 Å². The first-order valence-electron chi connectivity index (χ1n) is 12.2. The van der Waals surface area contributed by atoms with Crippen molar-refractivity contribution in [1.29, 1.82) is 0 Å². The molecule has 11 nitrogen and oxygen atoms in total. The number of amides is 1. The average molecular weight is 585 g/mol. The van der Waals surface area contributed by atoms with Gasteiger partial charge in [-0.1, -0.05) is 35.3 Å². The lowest BCUT2D eigenvalue weighted by Crippen LogP contribution is -2.32. The second-order valence-electron chi connectivity index (χ2n) is 9.21. The van der Waals surface area contributed by atoms with Crippen LogP contribution in [-0.4, -0.2) is 57.9 Å². The lowest BCUT2D eigenvalue weighted by Gasteiger charge is -2.29. The van der Waals surface area contributed by atoms with E-state index in [1.165, 1.54) is 24.9 Å². The molecule has 0 N–H and O–H groups in total. The molecular weight excluding hydrogens is 559 g/mol. The Balaban J connectivity index is 1.80. The Bertz CT molecular complexity index is 1630. The highest BCUT2D eigenvalue weighted by atomic mass is 35.5. The van der Waals surface area contributed by atoms with Crippen molar-refractivity contribution in [1.82, 2.24) is 24.1 Å². The van der Waals surface area contributed by atoms with E-state index >= 15 is 0 Å². The molecule has 1 aliphatic heterocycles. The molecule has 0 spiro atoms. The zero-order chi connectivity index (χ0) is 28.7. The van der Waals surface area contributed by atoms with E-state index in [0.29, 0.717) is 34.4 Å². The summed E-state index contributed by atoms with van der Waals surface area (Å²) in [5.74, 6) is 0.292. The van der Waals surface area contributed by atoms with E-state index in [4.69, 9.17) is 42.4 Å². The summed E-state index contributed by atoms with van der Waals surface area (Å²) in [6.45, 7) is 2.28. The van der Waals surface area contributed by atoms with Crippen LogP contribution < -0.4 is 19.9 Å². The molecule has 4 heterocycles. The Labute approximate surface area is 239 Å². The summed E-state index contributed by atoms with van der Waals surface area (Å²) in [7, 11) is 6.12. The van der Waals surface area contributed by atoms with Gasteiger partial charge < -0.3 is 23.3 Å². The van der Waals surface area contributed by atoms with Crippen LogP contribution in [0.1, 0.15) is 40.8 Å². The van der Waals surface area contributed by atoms with Crippen LogP contribution in [0.2, 0.25) is 10.0 Å². The number of pyridine rings is 1. The Hall–Kier alpha value is -3.93. The summed E-state index contributed by atoms with van der Waals surface area (Å²) in [5.41, 5.74) is 2.16. The van der Waals surface area contributed by atoms with Crippen LogP contribution in [0.5, 0.6) is 11.9 Å². The summed E-state index contributed by atoms with van der Waals surface area (Å²) in [5, 5.41) is 0.538. The van der Waals surface area contributed by atoms with E-state index in [1.807, 2.05) is 23.6 Å². The molecule has 0 saturated heterocycles. The van der Waals surface area contributed by atoms with E-state index in [9.17, 15) is 9.59 Å². The molecule has 0 aliphatic carbocycles. The van der Waals surface area contributed by atoms with Gasteiger partial charge in [0.05, 0.1) is 43.8 Å². The number of aromatic nitrogens is 5. The fourth-order valence-corrected chi connectivity index (χ4v) is 5.30. The normalized spacial score (nSPS) is 15.3. The van der Waals surface area contributed by atoms with Gasteiger partial charge in [0.25, 0.3) is 11.5 Å². The number of hydrogen-bond acceptors (Lipinski definition) is 8. The maximum absolute atomic E-state index is 14.2. The molecule has 208 valence electrons. The van der Waals surface area contributed by atoms with Crippen molar-refractivity contribution in [2.75, 3.05) is 32.8 Å². The predicted octanol–water partition coefficient (Wildman–Crippen LogP) is 4.32. The van der Waals surface area contributed by atoms with Crippen LogP contribution in [0, 0.1) is 0 Å². The fourth-order valence-electron chi connectivity index (χ4n) is 4.93. The van der Waals surface area contributed by atoms with Gasteiger partial charge in [-0.05, 0) is 30.7 Å². The number of imidazole rings is 1. The molecular formula is C27H26Cl2N6O5. The van der Waals surface area contributed by atoms with Gasteiger partial charge in [-0.25, -0.2) is 9.97 Å². The molecule has 0 fully saturated rings. The number of aryl methyl sites for hydroxylation is 1. The molecule has 5 rings (SSSR count). The fraction of sp³-hybridized carbons (Fsp3) is 0.296. The third kappa shape index (κ3) is 4.59. The standard InChI is InChI=1S/C27H26Cl2N6O5/c1-14(13-38-3)34-22-20(31-23(34)18-11-30-27(40-5)32-24(18)39-4)26(37)35(17-10-19(29)25(36)33(2)12-17)21(22)15-6-8-16(28)9-7-15/h6-12,14,21H,13H2,1-5H3/t14?,21-/m0/s1. The van der Waals surface area contributed by atoms with E-state index in [1.54, 1.807) is 43.6 Å². The Morgan fingerprint density at radius 1 is 1.05 bits per heavy atom. The van der Waals surface area contributed by atoms with E-state index in [2.05, 4.69) is 9.97 Å². The van der Waals surface area contributed by atoms with Crippen LogP contribution >= 0.6 is 23.2 Å². The van der Waals surface area contributed by atoms with E-state index < -0.39 is 6.04 Å². The average Bonchev–Trinajstić information content (AvgIpc) is 3.46. The third-order valence-electron chi connectivity index (χ3n) is 6.67. The lowest BCUT2D eigenvalue weighted by molar-refractivity contribution is 0.0989. The van der Waals surface area contributed by atoms with Crippen molar-refractivity contribution in [2.45, 2.75) is 19.0 Å². The number of ether oxygens (including phenoxy) is 3. The molecule has 1 unspecified atom stereocenters. The summed E-state index contributed by atoms with van der Waals surface area (Å²) in [4.78, 5) is 41.5. The Morgan fingerprint density at radius 3 is 2.40 bits per heavy atom. The van der Waals surface area contributed by atoms with Gasteiger partial charge in [-0.15, -0.1) is 0 Å². The third-order valence-corrected chi connectivity index (χ3v) is 7.20. The molecule has 0 saturated carbocycles. The second-order valence-corrected chi connectivity index (χ2v) is 10.1. The number of rotatable bonds is 8. The molecule has 1 aliphatic rings. The van der Waals surface area contributed by atoms with Gasteiger partial charge in [0.15, 0.2) is 5.69 Å². The summed E-state index contributed by atoms with van der Waals surface area (Å²) in [6, 6.07) is 7.91. The zero-order valence-electron chi connectivity index (χ0n) is 22.4. The summed E-state index contributed by atoms with van der Waals surface area (Å²) >= 11 is 12.5.